The Bertz CT molecular complexity index is 433. The lowest BCUT2D eigenvalue weighted by molar-refractivity contribution is 0.0873. The van der Waals surface area contributed by atoms with Gasteiger partial charge in [-0.15, -0.1) is 0 Å². The van der Waals surface area contributed by atoms with E-state index in [2.05, 4.69) is 41.1 Å². The van der Waals surface area contributed by atoms with Crippen LogP contribution < -0.4 is 4.74 Å². The summed E-state index contributed by atoms with van der Waals surface area (Å²) in [7, 11) is 0. The Balaban J connectivity index is 1.81. The van der Waals surface area contributed by atoms with Crippen molar-refractivity contribution < 1.29 is 9.47 Å². The molecule has 0 spiro atoms. The Kier molecular flexibility index (Phi) is 3.62. The van der Waals surface area contributed by atoms with Gasteiger partial charge in [0.05, 0.1) is 12.7 Å². The van der Waals surface area contributed by atoms with Crippen LogP contribution in [0.3, 0.4) is 0 Å². The van der Waals surface area contributed by atoms with Crippen LogP contribution in [0.25, 0.3) is 0 Å². The zero-order valence-electron chi connectivity index (χ0n) is 10.7. The van der Waals surface area contributed by atoms with Crippen molar-refractivity contribution in [1.29, 1.82) is 0 Å². The number of hydrogen-bond donors (Lipinski definition) is 0. The summed E-state index contributed by atoms with van der Waals surface area (Å²) in [5, 5.41) is 0. The SMILES string of the molecule is CCC1OCCC1C(Br)c1ccc2c(c1)CCO2. The number of ether oxygens (including phenoxy) is 2. The van der Waals surface area contributed by atoms with Gasteiger partial charge in [-0.2, -0.15) is 0 Å². The monoisotopic (exact) mass is 310 g/mol. The second-order valence-corrected chi connectivity index (χ2v) is 6.12. The van der Waals surface area contributed by atoms with Crippen LogP contribution in [-0.2, 0) is 11.2 Å². The van der Waals surface area contributed by atoms with Gasteiger partial charge in [-0.3, -0.25) is 0 Å². The maximum atomic E-state index is 5.80. The Labute approximate surface area is 117 Å². The molecule has 0 aromatic heterocycles. The number of alkyl halides is 1. The third kappa shape index (κ3) is 2.19. The highest BCUT2D eigenvalue weighted by Crippen LogP contribution is 2.42. The second-order valence-electron chi connectivity index (χ2n) is 5.14. The van der Waals surface area contributed by atoms with Crippen molar-refractivity contribution in [3.05, 3.63) is 29.3 Å². The van der Waals surface area contributed by atoms with E-state index in [1.165, 1.54) is 11.1 Å². The fourth-order valence-electron chi connectivity index (χ4n) is 3.05. The quantitative estimate of drug-likeness (QED) is 0.789. The number of halogens is 1. The van der Waals surface area contributed by atoms with Gasteiger partial charge < -0.3 is 9.47 Å². The molecule has 1 fully saturated rings. The van der Waals surface area contributed by atoms with E-state index in [-0.39, 0.29) is 0 Å². The molecule has 0 bridgehead atoms. The lowest BCUT2D eigenvalue weighted by atomic mass is 9.91. The number of hydrogen-bond acceptors (Lipinski definition) is 2. The molecule has 0 amide bonds. The van der Waals surface area contributed by atoms with E-state index >= 15 is 0 Å². The standard InChI is InChI=1S/C15H19BrO2/c1-2-13-12(6-8-17-13)15(16)11-3-4-14-10(9-11)5-7-18-14/h3-4,9,12-13,15H,2,5-8H2,1H3. The molecule has 0 N–H and O–H groups in total. The maximum Gasteiger partial charge on any atom is 0.122 e. The van der Waals surface area contributed by atoms with Gasteiger partial charge in [0.2, 0.25) is 0 Å². The average Bonchev–Trinajstić information content (AvgIpc) is 3.05. The summed E-state index contributed by atoms with van der Waals surface area (Å²) in [6.07, 6.45) is 3.70. The van der Waals surface area contributed by atoms with E-state index in [0.717, 1.165) is 38.2 Å². The summed E-state index contributed by atoms with van der Waals surface area (Å²) in [6, 6.07) is 6.60. The first-order valence-electron chi connectivity index (χ1n) is 6.81. The molecule has 3 rings (SSSR count). The first kappa shape index (κ1) is 12.5. The average molecular weight is 311 g/mol. The second kappa shape index (κ2) is 5.22. The third-order valence-electron chi connectivity index (χ3n) is 4.07. The number of benzene rings is 1. The molecule has 0 aliphatic carbocycles. The van der Waals surface area contributed by atoms with Gasteiger partial charge in [0.15, 0.2) is 0 Å². The Morgan fingerprint density at radius 3 is 3.11 bits per heavy atom. The van der Waals surface area contributed by atoms with Gasteiger partial charge in [0, 0.05) is 23.8 Å². The van der Waals surface area contributed by atoms with E-state index in [4.69, 9.17) is 9.47 Å². The predicted octanol–water partition coefficient (Wildman–Crippen LogP) is 3.87. The number of fused-ring (bicyclic) bond motifs is 1. The highest BCUT2D eigenvalue weighted by Gasteiger charge is 2.33. The minimum absolute atomic E-state index is 0.399. The molecule has 1 aromatic carbocycles. The van der Waals surface area contributed by atoms with Gasteiger partial charge in [-0.05, 0) is 30.0 Å². The molecule has 3 unspecified atom stereocenters. The maximum absolute atomic E-state index is 5.80. The van der Waals surface area contributed by atoms with Crippen LogP contribution in [0.1, 0.15) is 35.7 Å². The zero-order chi connectivity index (χ0) is 12.5. The fourth-order valence-corrected chi connectivity index (χ4v) is 3.94. The minimum Gasteiger partial charge on any atom is -0.493 e. The molecular formula is C15H19BrO2. The third-order valence-corrected chi connectivity index (χ3v) is 5.28. The van der Waals surface area contributed by atoms with Crippen LogP contribution in [-0.4, -0.2) is 19.3 Å². The van der Waals surface area contributed by atoms with E-state index in [1.54, 1.807) is 0 Å². The van der Waals surface area contributed by atoms with Gasteiger partial charge >= 0.3 is 0 Å². The molecular weight excluding hydrogens is 292 g/mol. The summed E-state index contributed by atoms with van der Waals surface area (Å²) in [5.41, 5.74) is 2.72. The van der Waals surface area contributed by atoms with Crippen LogP contribution >= 0.6 is 15.9 Å². The van der Waals surface area contributed by atoms with Crippen molar-refractivity contribution in [3.8, 4) is 5.75 Å². The van der Waals surface area contributed by atoms with Gasteiger partial charge in [0.1, 0.15) is 5.75 Å². The predicted molar refractivity (Wildman–Crippen MR) is 75.4 cm³/mol. The molecule has 2 aliphatic rings. The first-order chi connectivity index (χ1) is 8.79. The first-order valence-corrected chi connectivity index (χ1v) is 7.72. The number of rotatable bonds is 3. The Morgan fingerprint density at radius 1 is 1.39 bits per heavy atom. The highest BCUT2D eigenvalue weighted by atomic mass is 79.9. The normalized spacial score (nSPS) is 27.9. The largest absolute Gasteiger partial charge is 0.493 e. The molecule has 0 radical (unpaired) electrons. The molecule has 98 valence electrons. The van der Waals surface area contributed by atoms with Crippen molar-refractivity contribution in [3.63, 3.8) is 0 Å². The summed E-state index contributed by atoms with van der Waals surface area (Å²) in [4.78, 5) is 0.399. The summed E-state index contributed by atoms with van der Waals surface area (Å²) in [6.45, 7) is 3.94. The fraction of sp³-hybridized carbons (Fsp3) is 0.600. The van der Waals surface area contributed by atoms with Crippen molar-refractivity contribution >= 4 is 15.9 Å². The van der Waals surface area contributed by atoms with E-state index in [9.17, 15) is 0 Å². The van der Waals surface area contributed by atoms with E-state index in [0.29, 0.717) is 16.8 Å². The summed E-state index contributed by atoms with van der Waals surface area (Å²) in [5.74, 6) is 1.66. The van der Waals surface area contributed by atoms with Crippen molar-refractivity contribution in [2.24, 2.45) is 5.92 Å². The molecule has 18 heavy (non-hydrogen) atoms. The molecule has 2 heterocycles. The smallest absolute Gasteiger partial charge is 0.122 e. The van der Waals surface area contributed by atoms with Crippen LogP contribution in [0, 0.1) is 5.92 Å². The molecule has 3 atom stereocenters. The highest BCUT2D eigenvalue weighted by molar-refractivity contribution is 9.09. The van der Waals surface area contributed by atoms with Gasteiger partial charge in [-0.1, -0.05) is 35.0 Å². The Hall–Kier alpha value is -0.540. The molecule has 1 aromatic rings. The molecule has 3 heteroatoms. The van der Waals surface area contributed by atoms with Gasteiger partial charge in [-0.25, -0.2) is 0 Å². The molecule has 2 nitrogen and oxygen atoms in total. The van der Waals surface area contributed by atoms with Gasteiger partial charge in [0.25, 0.3) is 0 Å². The van der Waals surface area contributed by atoms with Crippen LogP contribution in [0.5, 0.6) is 5.75 Å². The van der Waals surface area contributed by atoms with Crippen molar-refractivity contribution in [2.45, 2.75) is 37.1 Å². The van der Waals surface area contributed by atoms with Crippen LogP contribution in [0.4, 0.5) is 0 Å². The lowest BCUT2D eigenvalue weighted by Gasteiger charge is -2.23. The minimum atomic E-state index is 0.399. The molecule has 2 aliphatic heterocycles. The lowest BCUT2D eigenvalue weighted by Crippen LogP contribution is -2.19. The zero-order valence-corrected chi connectivity index (χ0v) is 12.3. The topological polar surface area (TPSA) is 18.5 Å². The van der Waals surface area contributed by atoms with Crippen LogP contribution in [0.2, 0.25) is 0 Å². The van der Waals surface area contributed by atoms with E-state index < -0.39 is 0 Å². The Morgan fingerprint density at radius 2 is 2.28 bits per heavy atom. The van der Waals surface area contributed by atoms with Crippen LogP contribution in [0.15, 0.2) is 18.2 Å². The molecule has 0 saturated carbocycles. The van der Waals surface area contributed by atoms with Crippen molar-refractivity contribution in [2.75, 3.05) is 13.2 Å². The summed E-state index contributed by atoms with van der Waals surface area (Å²) < 4.78 is 11.4. The van der Waals surface area contributed by atoms with E-state index in [1.807, 2.05) is 0 Å². The summed E-state index contributed by atoms with van der Waals surface area (Å²) >= 11 is 3.88. The van der Waals surface area contributed by atoms with Crippen molar-refractivity contribution in [1.82, 2.24) is 0 Å². The molecule has 1 saturated heterocycles.